The Kier molecular flexibility index (Phi) is 5.23. The molecule has 0 unspecified atom stereocenters. The summed E-state index contributed by atoms with van der Waals surface area (Å²) in [7, 11) is 0. The van der Waals surface area contributed by atoms with Gasteiger partial charge in [0.05, 0.1) is 19.3 Å². The third-order valence-electron chi connectivity index (χ3n) is 3.58. The monoisotopic (exact) mass is 301 g/mol. The van der Waals surface area contributed by atoms with Crippen LogP contribution in [0, 0.1) is 11.8 Å². The Morgan fingerprint density at radius 3 is 2.95 bits per heavy atom. The lowest BCUT2D eigenvalue weighted by Gasteiger charge is -2.35. The standard InChI is InChI=1S/C18H23NO3/c1-4-16-13-22-11-10-19(16)17(20)15-7-5-6-14(12-15)8-9-18(2,3)21/h5-7,12,16,21H,4,10-11,13H2,1-3H3/t16-/m0/s1. The van der Waals surface area contributed by atoms with Crippen molar-refractivity contribution in [1.29, 1.82) is 0 Å². The maximum absolute atomic E-state index is 12.7. The molecule has 1 saturated heterocycles. The number of hydrogen-bond acceptors (Lipinski definition) is 3. The van der Waals surface area contributed by atoms with Gasteiger partial charge in [0.2, 0.25) is 0 Å². The van der Waals surface area contributed by atoms with Gasteiger partial charge < -0.3 is 14.7 Å². The third kappa shape index (κ3) is 4.33. The van der Waals surface area contributed by atoms with Crippen molar-refractivity contribution in [3.05, 3.63) is 35.4 Å². The highest BCUT2D eigenvalue weighted by Gasteiger charge is 2.26. The zero-order valence-corrected chi connectivity index (χ0v) is 13.4. The van der Waals surface area contributed by atoms with E-state index in [4.69, 9.17) is 4.74 Å². The second kappa shape index (κ2) is 6.95. The van der Waals surface area contributed by atoms with E-state index < -0.39 is 5.60 Å². The second-order valence-corrected chi connectivity index (χ2v) is 6.03. The molecule has 0 aromatic heterocycles. The first kappa shape index (κ1) is 16.5. The fourth-order valence-electron chi connectivity index (χ4n) is 2.38. The number of hydrogen-bond donors (Lipinski definition) is 1. The molecule has 22 heavy (non-hydrogen) atoms. The summed E-state index contributed by atoms with van der Waals surface area (Å²) >= 11 is 0. The largest absolute Gasteiger partial charge is 0.378 e. The first-order valence-electron chi connectivity index (χ1n) is 7.65. The van der Waals surface area contributed by atoms with Crippen LogP contribution >= 0.6 is 0 Å². The topological polar surface area (TPSA) is 49.8 Å². The van der Waals surface area contributed by atoms with Gasteiger partial charge in [0.15, 0.2) is 0 Å². The van der Waals surface area contributed by atoms with Crippen LogP contribution in [0.2, 0.25) is 0 Å². The van der Waals surface area contributed by atoms with Gasteiger partial charge in [-0.1, -0.05) is 24.8 Å². The van der Waals surface area contributed by atoms with Crippen molar-refractivity contribution >= 4 is 5.91 Å². The maximum atomic E-state index is 12.7. The van der Waals surface area contributed by atoms with Crippen LogP contribution in [0.3, 0.4) is 0 Å². The van der Waals surface area contributed by atoms with Crippen molar-refractivity contribution in [2.24, 2.45) is 0 Å². The lowest BCUT2D eigenvalue weighted by atomic mass is 10.1. The highest BCUT2D eigenvalue weighted by Crippen LogP contribution is 2.15. The van der Waals surface area contributed by atoms with E-state index in [0.29, 0.717) is 25.3 Å². The van der Waals surface area contributed by atoms with Crippen LogP contribution in [0.4, 0.5) is 0 Å². The summed E-state index contributed by atoms with van der Waals surface area (Å²) in [4.78, 5) is 14.6. The molecule has 1 N–H and O–H groups in total. The molecule has 1 amide bonds. The molecule has 1 aromatic carbocycles. The Morgan fingerprint density at radius 1 is 1.50 bits per heavy atom. The van der Waals surface area contributed by atoms with Gasteiger partial charge in [0.25, 0.3) is 5.91 Å². The van der Waals surface area contributed by atoms with Gasteiger partial charge >= 0.3 is 0 Å². The number of morpholine rings is 1. The molecule has 1 fully saturated rings. The number of ether oxygens (including phenoxy) is 1. The number of benzene rings is 1. The summed E-state index contributed by atoms with van der Waals surface area (Å²) in [5.41, 5.74) is 0.314. The highest BCUT2D eigenvalue weighted by atomic mass is 16.5. The lowest BCUT2D eigenvalue weighted by Crippen LogP contribution is -2.48. The highest BCUT2D eigenvalue weighted by molar-refractivity contribution is 5.94. The third-order valence-corrected chi connectivity index (χ3v) is 3.58. The number of carbonyl (C=O) groups is 1. The molecular formula is C18H23NO3. The summed E-state index contributed by atoms with van der Waals surface area (Å²) in [6.45, 7) is 7.13. The molecule has 0 saturated carbocycles. The van der Waals surface area contributed by atoms with Gasteiger partial charge in [-0.25, -0.2) is 0 Å². The Bertz CT molecular complexity index is 592. The number of aliphatic hydroxyl groups is 1. The van der Waals surface area contributed by atoms with Crippen LogP contribution in [0.1, 0.15) is 43.1 Å². The first-order valence-corrected chi connectivity index (χ1v) is 7.65. The fraction of sp³-hybridized carbons (Fsp3) is 0.500. The van der Waals surface area contributed by atoms with Gasteiger partial charge in [0.1, 0.15) is 5.60 Å². The Morgan fingerprint density at radius 2 is 2.27 bits per heavy atom. The molecule has 2 rings (SSSR count). The average molecular weight is 301 g/mol. The molecule has 0 radical (unpaired) electrons. The van der Waals surface area contributed by atoms with Crippen molar-refractivity contribution in [1.82, 2.24) is 4.90 Å². The summed E-state index contributed by atoms with van der Waals surface area (Å²) in [5, 5.41) is 9.67. The quantitative estimate of drug-likeness (QED) is 0.851. The molecule has 0 aliphatic carbocycles. The first-order chi connectivity index (χ1) is 10.4. The fourth-order valence-corrected chi connectivity index (χ4v) is 2.38. The van der Waals surface area contributed by atoms with E-state index in [0.717, 1.165) is 12.0 Å². The maximum Gasteiger partial charge on any atom is 0.254 e. The van der Waals surface area contributed by atoms with Gasteiger partial charge in [-0.2, -0.15) is 0 Å². The van der Waals surface area contributed by atoms with Crippen LogP contribution < -0.4 is 0 Å². The van der Waals surface area contributed by atoms with E-state index in [1.165, 1.54) is 0 Å². The van der Waals surface area contributed by atoms with Gasteiger partial charge in [0, 0.05) is 17.7 Å². The van der Waals surface area contributed by atoms with Gasteiger partial charge in [-0.05, 0) is 38.5 Å². The Balaban J connectivity index is 2.21. The van der Waals surface area contributed by atoms with E-state index in [-0.39, 0.29) is 11.9 Å². The summed E-state index contributed by atoms with van der Waals surface area (Å²) < 4.78 is 5.44. The zero-order valence-electron chi connectivity index (χ0n) is 13.4. The van der Waals surface area contributed by atoms with E-state index >= 15 is 0 Å². The van der Waals surface area contributed by atoms with Crippen LogP contribution in [-0.4, -0.2) is 47.3 Å². The normalized spacial score (nSPS) is 18.5. The number of amides is 1. The van der Waals surface area contributed by atoms with E-state index in [9.17, 15) is 9.90 Å². The van der Waals surface area contributed by atoms with Crippen LogP contribution in [-0.2, 0) is 4.74 Å². The van der Waals surface area contributed by atoms with E-state index in [1.807, 2.05) is 17.0 Å². The molecule has 1 aromatic rings. The molecule has 118 valence electrons. The molecule has 4 nitrogen and oxygen atoms in total. The van der Waals surface area contributed by atoms with Crippen molar-refractivity contribution in [2.75, 3.05) is 19.8 Å². The molecule has 0 bridgehead atoms. The minimum absolute atomic E-state index is 0.0158. The molecule has 4 heteroatoms. The predicted octanol–water partition coefficient (Wildman–Crippen LogP) is 2.06. The Hall–Kier alpha value is -1.83. The number of rotatable bonds is 2. The second-order valence-electron chi connectivity index (χ2n) is 6.03. The van der Waals surface area contributed by atoms with Crippen molar-refractivity contribution in [2.45, 2.75) is 38.8 Å². The predicted molar refractivity (Wildman–Crippen MR) is 85.6 cm³/mol. The van der Waals surface area contributed by atoms with Crippen LogP contribution in [0.25, 0.3) is 0 Å². The molecule has 1 atom stereocenters. The van der Waals surface area contributed by atoms with Crippen molar-refractivity contribution in [3.63, 3.8) is 0 Å². The molecule has 0 spiro atoms. The summed E-state index contributed by atoms with van der Waals surface area (Å²) in [6, 6.07) is 7.38. The minimum Gasteiger partial charge on any atom is -0.378 e. The number of nitrogens with zero attached hydrogens (tertiary/aromatic N) is 1. The van der Waals surface area contributed by atoms with Crippen LogP contribution in [0.15, 0.2) is 24.3 Å². The lowest BCUT2D eigenvalue weighted by molar-refractivity contribution is -0.00279. The van der Waals surface area contributed by atoms with Crippen molar-refractivity contribution < 1.29 is 14.6 Å². The molecule has 1 aliphatic rings. The number of carbonyl (C=O) groups excluding carboxylic acids is 1. The average Bonchev–Trinajstić information content (AvgIpc) is 2.52. The molecule has 1 heterocycles. The van der Waals surface area contributed by atoms with Gasteiger partial charge in [-0.3, -0.25) is 4.79 Å². The molecular weight excluding hydrogens is 278 g/mol. The SMILES string of the molecule is CC[C@H]1COCCN1C(=O)c1cccc(C#CC(C)(C)O)c1. The van der Waals surface area contributed by atoms with E-state index in [2.05, 4.69) is 18.8 Å². The van der Waals surface area contributed by atoms with Crippen LogP contribution in [0.5, 0.6) is 0 Å². The summed E-state index contributed by atoms with van der Waals surface area (Å²) in [6.07, 6.45) is 0.879. The van der Waals surface area contributed by atoms with E-state index in [1.54, 1.807) is 26.0 Å². The summed E-state index contributed by atoms with van der Waals surface area (Å²) in [5.74, 6) is 5.69. The van der Waals surface area contributed by atoms with Gasteiger partial charge in [-0.15, -0.1) is 0 Å². The zero-order chi connectivity index (χ0) is 16.2. The Labute approximate surface area is 132 Å². The smallest absolute Gasteiger partial charge is 0.254 e. The minimum atomic E-state index is -1.04. The molecule has 1 aliphatic heterocycles. The van der Waals surface area contributed by atoms with Crippen molar-refractivity contribution in [3.8, 4) is 11.8 Å².